The Morgan fingerprint density at radius 2 is 2.06 bits per heavy atom. The van der Waals surface area contributed by atoms with Gasteiger partial charge in [-0.2, -0.15) is 8.78 Å². The number of pyridine rings is 1. The molecule has 1 aromatic heterocycles. The third-order valence-corrected chi connectivity index (χ3v) is 3.11. The Labute approximate surface area is 102 Å². The zero-order valence-electron chi connectivity index (χ0n) is 9.41. The second kappa shape index (κ2) is 4.41. The summed E-state index contributed by atoms with van der Waals surface area (Å²) in [7, 11) is 1.84. The topological polar surface area (TPSA) is 14.2 Å². The first-order chi connectivity index (χ1) is 7.99. The smallest absolute Gasteiger partial charge is 0.387 e. The highest BCUT2D eigenvalue weighted by Crippen LogP contribution is 2.24. The maximum Gasteiger partial charge on any atom is 0.387 e. The van der Waals surface area contributed by atoms with Crippen molar-refractivity contribution in [3.8, 4) is 5.75 Å². The molecule has 1 heterocycles. The number of ether oxygens (including phenoxy) is 1. The summed E-state index contributed by atoms with van der Waals surface area (Å²) in [5.41, 5.74) is 1.76. The number of hydrogen-bond acceptors (Lipinski definition) is 2. The third kappa shape index (κ3) is 2.29. The molecule has 0 saturated heterocycles. The Kier molecular flexibility index (Phi) is 3.11. The van der Waals surface area contributed by atoms with Crippen LogP contribution in [0.1, 0.15) is 5.56 Å². The van der Waals surface area contributed by atoms with Gasteiger partial charge in [-0.3, -0.25) is 0 Å². The van der Waals surface area contributed by atoms with Crippen LogP contribution in [0.15, 0.2) is 24.4 Å². The van der Waals surface area contributed by atoms with Gasteiger partial charge in [0.15, 0.2) is 0 Å². The van der Waals surface area contributed by atoms with Crippen LogP contribution >= 0.6 is 12.2 Å². The number of hydrogen-bond donors (Lipinski definition) is 0. The highest BCUT2D eigenvalue weighted by molar-refractivity contribution is 7.71. The van der Waals surface area contributed by atoms with Crippen LogP contribution in [0.2, 0.25) is 0 Å². The summed E-state index contributed by atoms with van der Waals surface area (Å²) in [4.78, 5) is 0. The summed E-state index contributed by atoms with van der Waals surface area (Å²) in [6, 6.07) is 4.78. The van der Waals surface area contributed by atoms with E-state index < -0.39 is 6.61 Å². The van der Waals surface area contributed by atoms with Crippen LogP contribution in [0, 0.1) is 11.4 Å². The third-order valence-electron chi connectivity index (χ3n) is 2.56. The van der Waals surface area contributed by atoms with E-state index in [2.05, 4.69) is 4.74 Å². The molecule has 0 amide bonds. The predicted molar refractivity (Wildman–Crippen MR) is 65.1 cm³/mol. The van der Waals surface area contributed by atoms with Crippen LogP contribution in [0.3, 0.4) is 0 Å². The molecule has 2 rings (SSSR count). The Hall–Kier alpha value is -1.49. The van der Waals surface area contributed by atoms with E-state index >= 15 is 0 Å². The van der Waals surface area contributed by atoms with Crippen molar-refractivity contribution >= 4 is 23.1 Å². The molecule has 0 aliphatic rings. The lowest BCUT2D eigenvalue weighted by atomic mass is 10.1. The largest absolute Gasteiger partial charge is 0.435 e. The van der Waals surface area contributed by atoms with Gasteiger partial charge in [0.1, 0.15) is 5.75 Å². The van der Waals surface area contributed by atoms with Gasteiger partial charge < -0.3 is 9.30 Å². The second-order valence-electron chi connectivity index (χ2n) is 3.81. The van der Waals surface area contributed by atoms with E-state index in [0.29, 0.717) is 0 Å². The molecule has 1 aromatic carbocycles. The lowest BCUT2D eigenvalue weighted by molar-refractivity contribution is -0.0497. The van der Waals surface area contributed by atoms with Crippen molar-refractivity contribution in [3.05, 3.63) is 34.5 Å². The zero-order valence-corrected chi connectivity index (χ0v) is 10.2. The molecule has 17 heavy (non-hydrogen) atoms. The number of halogens is 2. The minimum atomic E-state index is -2.81. The molecule has 2 aromatic rings. The van der Waals surface area contributed by atoms with E-state index in [9.17, 15) is 8.78 Å². The molecule has 2 nitrogen and oxygen atoms in total. The molecule has 0 aliphatic carbocycles. The van der Waals surface area contributed by atoms with E-state index in [1.54, 1.807) is 12.1 Å². The zero-order chi connectivity index (χ0) is 12.6. The van der Waals surface area contributed by atoms with E-state index in [0.717, 1.165) is 21.0 Å². The van der Waals surface area contributed by atoms with Crippen LogP contribution in [0.5, 0.6) is 5.75 Å². The van der Waals surface area contributed by atoms with Gasteiger partial charge in [0.2, 0.25) is 0 Å². The lowest BCUT2D eigenvalue weighted by Crippen LogP contribution is -2.02. The fourth-order valence-electron chi connectivity index (χ4n) is 1.80. The highest BCUT2D eigenvalue weighted by atomic mass is 32.1. The molecule has 5 heteroatoms. The lowest BCUT2D eigenvalue weighted by Gasteiger charge is -2.10. The molecular weight excluding hydrogens is 244 g/mol. The van der Waals surface area contributed by atoms with Crippen molar-refractivity contribution in [3.63, 3.8) is 0 Å². The molecule has 0 saturated carbocycles. The SMILES string of the molecule is Cc1cn(C)c2cc(OC(F)F)ccc2c1=S. The molecule has 0 bridgehead atoms. The summed E-state index contributed by atoms with van der Waals surface area (Å²) in [5.74, 6) is 0.140. The average Bonchev–Trinajstić information content (AvgIpc) is 2.25. The summed E-state index contributed by atoms with van der Waals surface area (Å²) < 4.78 is 31.2. The van der Waals surface area contributed by atoms with Gasteiger partial charge in [-0.05, 0) is 24.6 Å². The van der Waals surface area contributed by atoms with Crippen LogP contribution in [0.25, 0.3) is 10.9 Å². The minimum Gasteiger partial charge on any atom is -0.435 e. The fourth-order valence-corrected chi connectivity index (χ4v) is 2.03. The Morgan fingerprint density at radius 1 is 1.35 bits per heavy atom. The summed E-state index contributed by atoms with van der Waals surface area (Å²) in [6.45, 7) is -0.892. The molecule has 0 aliphatic heterocycles. The van der Waals surface area contributed by atoms with Crippen LogP contribution < -0.4 is 4.74 Å². The second-order valence-corrected chi connectivity index (χ2v) is 4.22. The van der Waals surface area contributed by atoms with E-state index in [1.807, 2.05) is 24.7 Å². The van der Waals surface area contributed by atoms with Crippen molar-refractivity contribution in [2.75, 3.05) is 0 Å². The van der Waals surface area contributed by atoms with Gasteiger partial charge in [-0.1, -0.05) is 12.2 Å². The van der Waals surface area contributed by atoms with Crippen molar-refractivity contribution in [2.24, 2.45) is 7.05 Å². The Morgan fingerprint density at radius 3 is 2.71 bits per heavy atom. The average molecular weight is 255 g/mol. The summed E-state index contributed by atoms with van der Waals surface area (Å²) in [5, 5.41) is 0.865. The number of aromatic nitrogens is 1. The molecular formula is C12H11F2NOS. The van der Waals surface area contributed by atoms with Gasteiger partial charge in [0, 0.05) is 24.7 Å². The van der Waals surface area contributed by atoms with E-state index in [4.69, 9.17) is 12.2 Å². The Bertz CT molecular complexity index is 622. The fraction of sp³-hybridized carbons (Fsp3) is 0.250. The number of alkyl halides is 2. The first-order valence-corrected chi connectivity index (χ1v) is 5.44. The minimum absolute atomic E-state index is 0.140. The maximum atomic E-state index is 12.1. The van der Waals surface area contributed by atoms with Crippen molar-refractivity contribution in [1.82, 2.24) is 4.57 Å². The molecule has 0 radical (unpaired) electrons. The number of rotatable bonds is 2. The van der Waals surface area contributed by atoms with Gasteiger partial charge in [-0.25, -0.2) is 0 Å². The number of fused-ring (bicyclic) bond motifs is 1. The maximum absolute atomic E-state index is 12.1. The summed E-state index contributed by atoms with van der Waals surface area (Å²) in [6.07, 6.45) is 1.87. The number of nitrogens with zero attached hydrogens (tertiary/aromatic N) is 1. The number of benzene rings is 1. The summed E-state index contributed by atoms with van der Waals surface area (Å²) >= 11 is 5.28. The van der Waals surface area contributed by atoms with Gasteiger partial charge in [-0.15, -0.1) is 0 Å². The van der Waals surface area contributed by atoms with Gasteiger partial charge in [0.05, 0.1) is 10.0 Å². The first kappa shape index (κ1) is 12.0. The van der Waals surface area contributed by atoms with Crippen molar-refractivity contribution < 1.29 is 13.5 Å². The van der Waals surface area contributed by atoms with Gasteiger partial charge >= 0.3 is 6.61 Å². The number of aryl methyl sites for hydroxylation is 2. The molecule has 90 valence electrons. The Balaban J connectivity index is 2.66. The van der Waals surface area contributed by atoms with Crippen LogP contribution in [-0.4, -0.2) is 11.2 Å². The monoisotopic (exact) mass is 255 g/mol. The van der Waals surface area contributed by atoms with Crippen molar-refractivity contribution in [2.45, 2.75) is 13.5 Å². The first-order valence-electron chi connectivity index (χ1n) is 5.04. The van der Waals surface area contributed by atoms with Gasteiger partial charge in [0.25, 0.3) is 0 Å². The predicted octanol–water partition coefficient (Wildman–Crippen LogP) is 3.82. The molecule has 0 N–H and O–H groups in total. The normalized spacial score (nSPS) is 11.1. The quantitative estimate of drug-likeness (QED) is 0.757. The van der Waals surface area contributed by atoms with Crippen LogP contribution in [0.4, 0.5) is 8.78 Å². The molecule has 0 spiro atoms. The highest BCUT2D eigenvalue weighted by Gasteiger charge is 2.07. The van der Waals surface area contributed by atoms with Crippen molar-refractivity contribution in [1.29, 1.82) is 0 Å². The standard InChI is InChI=1S/C12H11F2NOS/c1-7-6-15(2)10-5-8(16-12(13)14)3-4-9(10)11(7)17/h3-6,12H,1-2H3. The van der Waals surface area contributed by atoms with Crippen LogP contribution in [-0.2, 0) is 7.05 Å². The van der Waals surface area contributed by atoms with E-state index in [-0.39, 0.29) is 5.75 Å². The molecule has 0 atom stereocenters. The van der Waals surface area contributed by atoms with E-state index in [1.165, 1.54) is 6.07 Å². The molecule has 0 unspecified atom stereocenters. The molecule has 0 fully saturated rings.